The zero-order chi connectivity index (χ0) is 18.5. The van der Waals surface area contributed by atoms with Crippen LogP contribution in [0.4, 0.5) is 11.4 Å². The molecule has 3 aromatic rings. The van der Waals surface area contributed by atoms with E-state index in [9.17, 15) is 4.79 Å². The molecule has 1 aromatic carbocycles. The van der Waals surface area contributed by atoms with Crippen LogP contribution in [-0.2, 0) is 4.84 Å². The highest BCUT2D eigenvalue weighted by molar-refractivity contribution is 6.29. The summed E-state index contributed by atoms with van der Waals surface area (Å²) in [5, 5.41) is 7.63. The Morgan fingerprint density at radius 3 is 2.77 bits per heavy atom. The third kappa shape index (κ3) is 3.61. The van der Waals surface area contributed by atoms with Gasteiger partial charge in [-0.1, -0.05) is 17.7 Å². The van der Waals surface area contributed by atoms with Gasteiger partial charge in [0.05, 0.1) is 31.2 Å². The average Bonchev–Trinajstić information content (AvgIpc) is 3.16. The van der Waals surface area contributed by atoms with Crippen molar-refractivity contribution < 1.29 is 14.4 Å². The first-order chi connectivity index (χ1) is 12.6. The van der Waals surface area contributed by atoms with Crippen molar-refractivity contribution in [1.82, 2.24) is 20.2 Å². The molecule has 26 heavy (non-hydrogen) atoms. The van der Waals surface area contributed by atoms with Gasteiger partial charge in [0.15, 0.2) is 5.75 Å². The highest BCUT2D eigenvalue weighted by Gasteiger charge is 2.16. The molecule has 0 atom stereocenters. The number of nitrogens with one attached hydrogen (secondary N) is 2. The van der Waals surface area contributed by atoms with E-state index >= 15 is 0 Å². The summed E-state index contributed by atoms with van der Waals surface area (Å²) in [6.07, 6.45) is 4.85. The molecule has 2 heterocycles. The number of anilines is 2. The Labute approximate surface area is 154 Å². The van der Waals surface area contributed by atoms with E-state index in [1.54, 1.807) is 24.1 Å². The summed E-state index contributed by atoms with van der Waals surface area (Å²) in [7, 11) is 2.91. The molecular weight excluding hydrogens is 358 g/mol. The van der Waals surface area contributed by atoms with Gasteiger partial charge in [-0.2, -0.15) is 5.10 Å². The van der Waals surface area contributed by atoms with Crippen molar-refractivity contribution in [2.45, 2.75) is 0 Å². The first kappa shape index (κ1) is 17.7. The maximum absolute atomic E-state index is 12.2. The van der Waals surface area contributed by atoms with Gasteiger partial charge in [-0.25, -0.2) is 15.1 Å². The first-order valence-corrected chi connectivity index (χ1v) is 7.94. The Balaban J connectivity index is 2.03. The zero-order valence-electron chi connectivity index (χ0n) is 14.1. The van der Waals surface area contributed by atoms with Gasteiger partial charge in [0, 0.05) is 18.6 Å². The summed E-state index contributed by atoms with van der Waals surface area (Å²) >= 11 is 5.99. The van der Waals surface area contributed by atoms with Crippen molar-refractivity contribution in [3.8, 4) is 11.4 Å². The Hall–Kier alpha value is -3.10. The van der Waals surface area contributed by atoms with Gasteiger partial charge in [-0.05, 0) is 24.3 Å². The van der Waals surface area contributed by atoms with Crippen molar-refractivity contribution >= 4 is 28.9 Å². The number of carbonyl (C=O) groups excluding carboxylic acids is 1. The van der Waals surface area contributed by atoms with Crippen molar-refractivity contribution in [3.63, 3.8) is 0 Å². The van der Waals surface area contributed by atoms with E-state index in [1.807, 2.05) is 30.5 Å². The van der Waals surface area contributed by atoms with E-state index in [1.165, 1.54) is 13.3 Å². The molecule has 8 nitrogen and oxygen atoms in total. The Morgan fingerprint density at radius 1 is 1.23 bits per heavy atom. The Morgan fingerprint density at radius 2 is 2.08 bits per heavy atom. The van der Waals surface area contributed by atoms with Gasteiger partial charge in [-0.15, -0.1) is 0 Å². The molecule has 0 bridgehead atoms. The van der Waals surface area contributed by atoms with E-state index in [4.69, 9.17) is 16.3 Å². The van der Waals surface area contributed by atoms with Crippen LogP contribution >= 0.6 is 11.6 Å². The largest absolute Gasteiger partial charge is 0.492 e. The maximum atomic E-state index is 12.2. The van der Waals surface area contributed by atoms with Gasteiger partial charge >= 0.3 is 0 Å². The molecule has 0 saturated heterocycles. The molecule has 134 valence electrons. The quantitative estimate of drug-likeness (QED) is 0.510. The number of pyridine rings is 1. The molecule has 2 N–H and O–H groups in total. The highest BCUT2D eigenvalue weighted by atomic mass is 35.5. The fourth-order valence-electron chi connectivity index (χ4n) is 2.44. The molecule has 0 fully saturated rings. The Bertz CT molecular complexity index is 915. The number of rotatable bonds is 6. The van der Waals surface area contributed by atoms with Crippen LogP contribution in [0.5, 0.6) is 5.75 Å². The second-order valence-corrected chi connectivity index (χ2v) is 5.51. The van der Waals surface area contributed by atoms with Crippen LogP contribution < -0.4 is 15.5 Å². The summed E-state index contributed by atoms with van der Waals surface area (Å²) in [6.45, 7) is 0. The molecular formula is C17H16ClN5O3. The number of methoxy groups -OCH3 is 1. The molecule has 0 unspecified atom stereocenters. The lowest BCUT2D eigenvalue weighted by Gasteiger charge is -2.16. The normalized spacial score (nSPS) is 10.4. The van der Waals surface area contributed by atoms with Crippen molar-refractivity contribution in [1.29, 1.82) is 0 Å². The molecule has 2 aromatic heterocycles. The summed E-state index contributed by atoms with van der Waals surface area (Å²) < 4.78 is 7.24. The van der Waals surface area contributed by atoms with Crippen LogP contribution in [0.3, 0.4) is 0 Å². The predicted molar refractivity (Wildman–Crippen MR) is 97.1 cm³/mol. The fourth-order valence-corrected chi connectivity index (χ4v) is 2.59. The van der Waals surface area contributed by atoms with Crippen LogP contribution in [-0.4, -0.2) is 34.9 Å². The molecule has 0 saturated carbocycles. The average molecular weight is 374 g/mol. The minimum absolute atomic E-state index is 0.240. The number of hydroxylamine groups is 1. The van der Waals surface area contributed by atoms with Crippen LogP contribution in [0.1, 0.15) is 10.4 Å². The third-order valence-electron chi connectivity index (χ3n) is 3.53. The summed E-state index contributed by atoms with van der Waals surface area (Å²) in [6, 6.07) is 8.90. The van der Waals surface area contributed by atoms with Crippen LogP contribution in [0.25, 0.3) is 5.69 Å². The van der Waals surface area contributed by atoms with Crippen molar-refractivity contribution in [3.05, 3.63) is 59.6 Å². The number of ether oxygens (including phenoxy) is 1. The summed E-state index contributed by atoms with van der Waals surface area (Å²) in [5.74, 6) is 0.101. The molecule has 1 amide bonds. The molecule has 0 radical (unpaired) electrons. The zero-order valence-corrected chi connectivity index (χ0v) is 14.8. The monoisotopic (exact) mass is 373 g/mol. The summed E-state index contributed by atoms with van der Waals surface area (Å²) in [5.41, 5.74) is 4.36. The van der Waals surface area contributed by atoms with Crippen molar-refractivity contribution in [2.75, 3.05) is 19.5 Å². The molecule has 9 heteroatoms. The second kappa shape index (κ2) is 7.85. The van der Waals surface area contributed by atoms with E-state index in [0.29, 0.717) is 17.1 Å². The van der Waals surface area contributed by atoms with E-state index in [2.05, 4.69) is 25.7 Å². The number of halogens is 1. The first-order valence-electron chi connectivity index (χ1n) is 7.57. The molecule has 0 aliphatic rings. The molecule has 0 aliphatic heterocycles. The topological polar surface area (TPSA) is 90.3 Å². The van der Waals surface area contributed by atoms with E-state index < -0.39 is 5.91 Å². The Kier molecular flexibility index (Phi) is 5.35. The SMILES string of the molecule is CONC(=O)c1cnc(Cl)cc1Nc1cccc(-n2cccn2)c1OC. The molecule has 0 spiro atoms. The lowest BCUT2D eigenvalue weighted by atomic mass is 10.2. The number of aromatic nitrogens is 3. The number of nitrogens with zero attached hydrogens (tertiary/aromatic N) is 3. The lowest BCUT2D eigenvalue weighted by molar-refractivity contribution is 0.0538. The minimum atomic E-state index is -0.457. The maximum Gasteiger partial charge on any atom is 0.278 e. The smallest absolute Gasteiger partial charge is 0.278 e. The number of para-hydroxylation sites is 1. The second-order valence-electron chi connectivity index (χ2n) is 5.12. The minimum Gasteiger partial charge on any atom is -0.492 e. The number of amides is 1. The van der Waals surface area contributed by atoms with E-state index in [0.717, 1.165) is 5.69 Å². The van der Waals surface area contributed by atoms with Crippen LogP contribution in [0.2, 0.25) is 5.15 Å². The third-order valence-corrected chi connectivity index (χ3v) is 3.74. The van der Waals surface area contributed by atoms with Gasteiger partial charge in [0.25, 0.3) is 5.91 Å². The van der Waals surface area contributed by atoms with Gasteiger partial charge in [0.2, 0.25) is 0 Å². The number of hydrogen-bond acceptors (Lipinski definition) is 6. The van der Waals surface area contributed by atoms with Gasteiger partial charge < -0.3 is 10.1 Å². The lowest BCUT2D eigenvalue weighted by Crippen LogP contribution is -2.23. The number of carbonyl (C=O) groups is 1. The van der Waals surface area contributed by atoms with Gasteiger partial charge in [-0.3, -0.25) is 9.63 Å². The standard InChI is InChI=1S/C17H16ClN5O3/c1-25-16-12(5-3-6-14(16)23-8-4-7-20-23)21-13-9-15(18)19-10-11(13)17(24)22-26-2/h3-10H,1-2H3,(H,19,21)(H,22,24). The van der Waals surface area contributed by atoms with Crippen LogP contribution in [0.15, 0.2) is 48.9 Å². The number of hydrogen-bond donors (Lipinski definition) is 2. The molecule has 0 aliphatic carbocycles. The van der Waals surface area contributed by atoms with Crippen LogP contribution in [0, 0.1) is 0 Å². The summed E-state index contributed by atoms with van der Waals surface area (Å²) in [4.78, 5) is 20.8. The van der Waals surface area contributed by atoms with Gasteiger partial charge in [0.1, 0.15) is 10.8 Å². The fraction of sp³-hybridized carbons (Fsp3) is 0.118. The molecule has 3 rings (SSSR count). The number of benzene rings is 1. The van der Waals surface area contributed by atoms with Crippen molar-refractivity contribution in [2.24, 2.45) is 0 Å². The predicted octanol–water partition coefficient (Wildman–Crippen LogP) is 2.96. The van der Waals surface area contributed by atoms with E-state index in [-0.39, 0.29) is 10.7 Å². The highest BCUT2D eigenvalue weighted by Crippen LogP contribution is 2.34.